The van der Waals surface area contributed by atoms with E-state index < -0.39 is 11.6 Å². The lowest BCUT2D eigenvalue weighted by atomic mass is 10.2. The molecule has 0 saturated heterocycles. The average molecular weight is 400 g/mol. The van der Waals surface area contributed by atoms with Gasteiger partial charge in [-0.2, -0.15) is 0 Å². The highest BCUT2D eigenvalue weighted by molar-refractivity contribution is 7.13. The van der Waals surface area contributed by atoms with Gasteiger partial charge in [0.2, 0.25) is 0 Å². The number of halogens is 2. The molecule has 4 nitrogen and oxygen atoms in total. The molecule has 1 fully saturated rings. The number of thiazole rings is 1. The highest BCUT2D eigenvalue weighted by atomic mass is 32.1. The van der Waals surface area contributed by atoms with Crippen molar-refractivity contribution in [3.05, 3.63) is 70.7 Å². The third-order valence-electron chi connectivity index (χ3n) is 4.53. The van der Waals surface area contributed by atoms with E-state index in [1.54, 1.807) is 29.6 Å². The Hall–Kier alpha value is -2.80. The van der Waals surface area contributed by atoms with Crippen molar-refractivity contribution in [3.63, 3.8) is 0 Å². The van der Waals surface area contributed by atoms with E-state index in [9.17, 15) is 13.6 Å². The number of carbonyl (C=O) groups is 1. The number of aromatic nitrogens is 1. The lowest BCUT2D eigenvalue weighted by Gasteiger charge is -2.08. The first-order valence-electron chi connectivity index (χ1n) is 9.00. The summed E-state index contributed by atoms with van der Waals surface area (Å²) < 4.78 is 32.8. The van der Waals surface area contributed by atoms with Crippen LogP contribution >= 0.6 is 11.3 Å². The van der Waals surface area contributed by atoms with Crippen LogP contribution in [0.4, 0.5) is 8.78 Å². The largest absolute Gasteiger partial charge is 0.489 e. The summed E-state index contributed by atoms with van der Waals surface area (Å²) in [5, 5.41) is 5.36. The number of ether oxygens (including phenoxy) is 1. The number of rotatable bonds is 7. The lowest BCUT2D eigenvalue weighted by molar-refractivity contribution is 0.0947. The zero-order chi connectivity index (χ0) is 19.5. The minimum Gasteiger partial charge on any atom is -0.489 e. The van der Waals surface area contributed by atoms with Crippen LogP contribution < -0.4 is 10.1 Å². The fraction of sp³-hybridized carbons (Fsp3) is 0.238. The van der Waals surface area contributed by atoms with Gasteiger partial charge in [-0.05, 0) is 55.2 Å². The van der Waals surface area contributed by atoms with Crippen molar-refractivity contribution >= 4 is 17.2 Å². The fourth-order valence-corrected chi connectivity index (χ4v) is 3.49. The fourth-order valence-electron chi connectivity index (χ4n) is 2.68. The molecule has 4 rings (SSSR count). The number of hydrogen-bond acceptors (Lipinski definition) is 4. The number of nitrogens with one attached hydrogen (secondary N) is 1. The maximum atomic E-state index is 13.6. The van der Waals surface area contributed by atoms with Gasteiger partial charge in [0.25, 0.3) is 5.91 Å². The van der Waals surface area contributed by atoms with Gasteiger partial charge in [0.05, 0.1) is 5.56 Å². The topological polar surface area (TPSA) is 51.2 Å². The van der Waals surface area contributed by atoms with Gasteiger partial charge in [0, 0.05) is 17.5 Å². The van der Waals surface area contributed by atoms with Crippen LogP contribution in [0, 0.1) is 17.6 Å². The Labute approximate surface area is 165 Å². The first kappa shape index (κ1) is 18.6. The van der Waals surface area contributed by atoms with Gasteiger partial charge in [0.1, 0.15) is 34.7 Å². The maximum Gasteiger partial charge on any atom is 0.270 e. The van der Waals surface area contributed by atoms with Gasteiger partial charge >= 0.3 is 0 Å². The molecule has 3 aromatic rings. The average Bonchev–Trinajstić information content (AvgIpc) is 3.40. The van der Waals surface area contributed by atoms with E-state index in [2.05, 4.69) is 10.3 Å². The molecule has 1 amide bonds. The molecule has 1 aromatic heterocycles. The van der Waals surface area contributed by atoms with E-state index in [1.165, 1.54) is 42.4 Å². The Bertz CT molecular complexity index is 964. The third-order valence-corrected chi connectivity index (χ3v) is 5.42. The normalized spacial score (nSPS) is 13.4. The van der Waals surface area contributed by atoms with Gasteiger partial charge in [0.15, 0.2) is 0 Å². The van der Waals surface area contributed by atoms with Crippen LogP contribution in [-0.2, 0) is 6.61 Å². The summed E-state index contributed by atoms with van der Waals surface area (Å²) in [6, 6.07) is 10.7. The van der Waals surface area contributed by atoms with Crippen molar-refractivity contribution in [3.8, 4) is 16.3 Å². The molecule has 1 saturated carbocycles. The summed E-state index contributed by atoms with van der Waals surface area (Å²) in [5.41, 5.74) is 1.15. The van der Waals surface area contributed by atoms with Crippen LogP contribution in [0.2, 0.25) is 0 Å². The molecule has 1 aliphatic carbocycles. The predicted molar refractivity (Wildman–Crippen MR) is 103 cm³/mol. The summed E-state index contributed by atoms with van der Waals surface area (Å²) in [4.78, 5) is 16.5. The number of benzene rings is 2. The second-order valence-corrected chi connectivity index (χ2v) is 7.56. The Morgan fingerprint density at radius 2 is 1.86 bits per heavy atom. The highest BCUT2D eigenvalue weighted by Gasteiger charge is 2.22. The van der Waals surface area contributed by atoms with Crippen LogP contribution in [-0.4, -0.2) is 17.4 Å². The van der Waals surface area contributed by atoms with Crippen molar-refractivity contribution in [1.82, 2.24) is 10.3 Å². The zero-order valence-corrected chi connectivity index (χ0v) is 15.8. The van der Waals surface area contributed by atoms with Gasteiger partial charge in [-0.15, -0.1) is 11.3 Å². The molecule has 28 heavy (non-hydrogen) atoms. The smallest absolute Gasteiger partial charge is 0.270 e. The second-order valence-electron chi connectivity index (χ2n) is 6.70. The molecule has 7 heteroatoms. The van der Waals surface area contributed by atoms with E-state index in [0.717, 1.165) is 10.6 Å². The molecule has 0 bridgehead atoms. The molecule has 0 spiro atoms. The number of amides is 1. The van der Waals surface area contributed by atoms with Gasteiger partial charge < -0.3 is 10.1 Å². The molecular formula is C21H18F2N2O2S. The number of carbonyl (C=O) groups excluding carboxylic acids is 1. The van der Waals surface area contributed by atoms with Crippen LogP contribution in [0.15, 0.2) is 47.8 Å². The zero-order valence-electron chi connectivity index (χ0n) is 15.0. The number of hydrogen-bond donors (Lipinski definition) is 1. The quantitative estimate of drug-likeness (QED) is 0.619. The third kappa shape index (κ3) is 4.36. The first-order chi connectivity index (χ1) is 13.6. The molecule has 1 N–H and O–H groups in total. The lowest BCUT2D eigenvalue weighted by Crippen LogP contribution is -2.25. The minimum atomic E-state index is -0.633. The summed E-state index contributed by atoms with van der Waals surface area (Å²) in [5.74, 6) is -0.308. The molecule has 0 aliphatic heterocycles. The first-order valence-corrected chi connectivity index (χ1v) is 9.88. The van der Waals surface area contributed by atoms with E-state index in [0.29, 0.717) is 23.9 Å². The monoisotopic (exact) mass is 400 g/mol. The predicted octanol–water partition coefficient (Wildman–Crippen LogP) is 4.81. The molecule has 1 aliphatic rings. The van der Waals surface area contributed by atoms with Crippen molar-refractivity contribution in [2.24, 2.45) is 5.92 Å². The van der Waals surface area contributed by atoms with Crippen molar-refractivity contribution in [1.29, 1.82) is 0 Å². The number of nitrogens with zero attached hydrogens (tertiary/aromatic N) is 1. The highest BCUT2D eigenvalue weighted by Crippen LogP contribution is 2.28. The second kappa shape index (κ2) is 8.06. The van der Waals surface area contributed by atoms with Crippen molar-refractivity contribution in [2.45, 2.75) is 19.4 Å². The minimum absolute atomic E-state index is 0.103. The molecule has 144 valence electrons. The molecule has 0 atom stereocenters. The molecule has 1 heterocycles. The molecule has 0 unspecified atom stereocenters. The molecule has 2 aromatic carbocycles. The Balaban J connectivity index is 1.38. The Morgan fingerprint density at radius 1 is 1.14 bits per heavy atom. The summed E-state index contributed by atoms with van der Waals surface area (Å²) in [6.07, 6.45) is 2.36. The van der Waals surface area contributed by atoms with E-state index in [-0.39, 0.29) is 18.1 Å². The van der Waals surface area contributed by atoms with Crippen LogP contribution in [0.3, 0.4) is 0 Å². The standard InChI is InChI=1S/C21H18F2N2O2S/c22-17-2-1-3-18(23)16(17)11-27-15-8-6-14(7-9-15)21-25-19(12-28-21)20(26)24-10-13-4-5-13/h1-3,6-9,12-13H,4-5,10-11H2,(H,24,26). The SMILES string of the molecule is O=C(NCC1CC1)c1csc(-c2ccc(OCc3c(F)cccc3F)cc2)n1. The van der Waals surface area contributed by atoms with Crippen LogP contribution in [0.25, 0.3) is 10.6 Å². The molecular weight excluding hydrogens is 382 g/mol. The van der Waals surface area contributed by atoms with E-state index in [4.69, 9.17) is 4.74 Å². The van der Waals surface area contributed by atoms with Crippen molar-refractivity contribution in [2.75, 3.05) is 6.54 Å². The van der Waals surface area contributed by atoms with Gasteiger partial charge in [-0.25, -0.2) is 13.8 Å². The Kier molecular flexibility index (Phi) is 5.34. The molecule has 0 radical (unpaired) electrons. The van der Waals surface area contributed by atoms with Gasteiger partial charge in [-0.3, -0.25) is 4.79 Å². The summed E-state index contributed by atoms with van der Waals surface area (Å²) in [7, 11) is 0. The van der Waals surface area contributed by atoms with Gasteiger partial charge in [-0.1, -0.05) is 6.07 Å². The Morgan fingerprint density at radius 3 is 2.54 bits per heavy atom. The van der Waals surface area contributed by atoms with Crippen LogP contribution in [0.5, 0.6) is 5.75 Å². The van der Waals surface area contributed by atoms with Crippen molar-refractivity contribution < 1.29 is 18.3 Å². The van der Waals surface area contributed by atoms with E-state index >= 15 is 0 Å². The van der Waals surface area contributed by atoms with Crippen LogP contribution in [0.1, 0.15) is 28.9 Å². The summed E-state index contributed by atoms with van der Waals surface area (Å²) in [6.45, 7) is 0.515. The van der Waals surface area contributed by atoms with E-state index in [1.807, 2.05) is 0 Å². The summed E-state index contributed by atoms with van der Waals surface area (Å²) >= 11 is 1.39. The maximum absolute atomic E-state index is 13.6.